The molecule has 0 unspecified atom stereocenters. The number of nitrogens with zero attached hydrogens (tertiary/aromatic N) is 2. The van der Waals surface area contributed by atoms with Crippen molar-refractivity contribution in [3.8, 4) is 5.75 Å². The van der Waals surface area contributed by atoms with E-state index < -0.39 is 0 Å². The Kier molecular flexibility index (Phi) is 3.62. The molecule has 0 radical (unpaired) electrons. The van der Waals surface area contributed by atoms with Crippen LogP contribution in [0.15, 0.2) is 16.8 Å². The molecule has 1 aromatic heterocycles. The summed E-state index contributed by atoms with van der Waals surface area (Å²) < 4.78 is 10.4. The molecular weight excluding hydrogens is 232 g/mol. The lowest BCUT2D eigenvalue weighted by Gasteiger charge is -2.12. The third-order valence-corrected chi connectivity index (χ3v) is 2.80. The smallest absolute Gasteiger partial charge is 0.145 e. The fourth-order valence-electron chi connectivity index (χ4n) is 1.88. The third-order valence-electron chi connectivity index (χ3n) is 2.80. The summed E-state index contributed by atoms with van der Waals surface area (Å²) in [6.45, 7) is 6.10. The van der Waals surface area contributed by atoms with E-state index in [9.17, 15) is 0 Å². The second-order valence-corrected chi connectivity index (χ2v) is 4.30. The molecule has 2 rings (SSSR count). The molecule has 2 aromatic rings. The van der Waals surface area contributed by atoms with Crippen molar-refractivity contribution in [1.82, 2.24) is 10.3 Å². The number of aliphatic hydroxyl groups excluding tert-OH is 1. The molecule has 1 aromatic carbocycles. The van der Waals surface area contributed by atoms with Crippen LogP contribution in [0.5, 0.6) is 5.75 Å². The Morgan fingerprint density at radius 3 is 2.33 bits per heavy atom. The largest absolute Gasteiger partial charge is 0.487 e. The molecule has 0 atom stereocenters. The molecular formula is C13H16N2O3. The van der Waals surface area contributed by atoms with E-state index in [2.05, 4.69) is 14.9 Å². The molecule has 0 aliphatic rings. The number of ether oxygens (including phenoxy) is 1. The van der Waals surface area contributed by atoms with E-state index in [1.165, 1.54) is 0 Å². The van der Waals surface area contributed by atoms with Crippen LogP contribution in [0.1, 0.15) is 28.1 Å². The predicted molar refractivity (Wildman–Crippen MR) is 65.2 cm³/mol. The first-order valence-electron chi connectivity index (χ1n) is 5.73. The van der Waals surface area contributed by atoms with E-state index in [1.54, 1.807) is 0 Å². The van der Waals surface area contributed by atoms with Crippen molar-refractivity contribution in [2.75, 3.05) is 0 Å². The topological polar surface area (TPSA) is 68.4 Å². The summed E-state index contributed by atoms with van der Waals surface area (Å²) in [5.41, 5.74) is 4.30. The van der Waals surface area contributed by atoms with Crippen molar-refractivity contribution in [2.45, 2.75) is 34.0 Å². The average Bonchev–Trinajstić information content (AvgIpc) is 2.73. The van der Waals surface area contributed by atoms with Crippen LogP contribution in [0.3, 0.4) is 0 Å². The normalized spacial score (nSPS) is 10.7. The molecule has 0 spiro atoms. The van der Waals surface area contributed by atoms with Gasteiger partial charge in [0.25, 0.3) is 0 Å². The van der Waals surface area contributed by atoms with Crippen molar-refractivity contribution in [2.24, 2.45) is 0 Å². The molecule has 0 amide bonds. The van der Waals surface area contributed by atoms with E-state index in [0.29, 0.717) is 12.3 Å². The maximum atomic E-state index is 9.12. The molecule has 5 heteroatoms. The molecule has 0 saturated carbocycles. The standard InChI is InChI=1S/C13H16N2O3/c1-8-4-11(6-16)5-9(2)13(8)17-7-12-10(3)14-18-15-12/h4-5,16H,6-7H2,1-3H3. The van der Waals surface area contributed by atoms with Crippen LogP contribution in [0.2, 0.25) is 0 Å². The molecule has 0 bridgehead atoms. The summed E-state index contributed by atoms with van der Waals surface area (Å²) in [5, 5.41) is 16.6. The maximum Gasteiger partial charge on any atom is 0.145 e. The Labute approximate surface area is 105 Å². The molecule has 0 aliphatic heterocycles. The lowest BCUT2D eigenvalue weighted by Crippen LogP contribution is -2.01. The van der Waals surface area contributed by atoms with Gasteiger partial charge in [-0.25, -0.2) is 4.63 Å². The van der Waals surface area contributed by atoms with Crippen LogP contribution in [0.4, 0.5) is 0 Å². The average molecular weight is 248 g/mol. The van der Waals surface area contributed by atoms with Gasteiger partial charge in [-0.15, -0.1) is 0 Å². The van der Waals surface area contributed by atoms with Gasteiger partial charge in [-0.1, -0.05) is 22.4 Å². The Morgan fingerprint density at radius 1 is 1.17 bits per heavy atom. The molecule has 96 valence electrons. The van der Waals surface area contributed by atoms with Crippen LogP contribution >= 0.6 is 0 Å². The van der Waals surface area contributed by atoms with Gasteiger partial charge in [-0.3, -0.25) is 0 Å². The summed E-state index contributed by atoms with van der Waals surface area (Å²) >= 11 is 0. The zero-order valence-corrected chi connectivity index (χ0v) is 10.7. The highest BCUT2D eigenvalue weighted by atomic mass is 16.6. The highest BCUT2D eigenvalue weighted by Gasteiger charge is 2.10. The van der Waals surface area contributed by atoms with Gasteiger partial charge in [0.05, 0.1) is 6.61 Å². The van der Waals surface area contributed by atoms with Gasteiger partial charge < -0.3 is 9.84 Å². The molecule has 5 nitrogen and oxygen atoms in total. The zero-order chi connectivity index (χ0) is 13.1. The molecule has 18 heavy (non-hydrogen) atoms. The molecule has 1 heterocycles. The van der Waals surface area contributed by atoms with Crippen molar-refractivity contribution in [3.05, 3.63) is 40.2 Å². The number of aliphatic hydroxyl groups is 1. The number of aromatic nitrogens is 2. The Hall–Kier alpha value is -1.88. The van der Waals surface area contributed by atoms with E-state index in [1.807, 2.05) is 32.9 Å². The first-order chi connectivity index (χ1) is 8.61. The van der Waals surface area contributed by atoms with E-state index in [4.69, 9.17) is 9.84 Å². The van der Waals surface area contributed by atoms with Crippen LogP contribution < -0.4 is 4.74 Å². The van der Waals surface area contributed by atoms with Crippen molar-refractivity contribution in [3.63, 3.8) is 0 Å². The quantitative estimate of drug-likeness (QED) is 0.897. The second-order valence-electron chi connectivity index (χ2n) is 4.30. The fourth-order valence-corrected chi connectivity index (χ4v) is 1.88. The number of hydrogen-bond donors (Lipinski definition) is 1. The van der Waals surface area contributed by atoms with Gasteiger partial charge in [0.15, 0.2) is 0 Å². The van der Waals surface area contributed by atoms with Crippen LogP contribution in [-0.4, -0.2) is 15.4 Å². The molecule has 0 saturated heterocycles. The lowest BCUT2D eigenvalue weighted by atomic mass is 10.1. The SMILES string of the molecule is Cc1cc(CO)cc(C)c1OCc1nonc1C. The van der Waals surface area contributed by atoms with Crippen LogP contribution in [0.25, 0.3) is 0 Å². The zero-order valence-electron chi connectivity index (χ0n) is 10.7. The van der Waals surface area contributed by atoms with Crippen LogP contribution in [0, 0.1) is 20.8 Å². The van der Waals surface area contributed by atoms with E-state index >= 15 is 0 Å². The Balaban J connectivity index is 2.17. The van der Waals surface area contributed by atoms with Gasteiger partial charge in [0.2, 0.25) is 0 Å². The minimum atomic E-state index is 0.0360. The van der Waals surface area contributed by atoms with Gasteiger partial charge in [0.1, 0.15) is 23.7 Å². The van der Waals surface area contributed by atoms with Crippen LogP contribution in [-0.2, 0) is 13.2 Å². The van der Waals surface area contributed by atoms with Gasteiger partial charge >= 0.3 is 0 Å². The number of aryl methyl sites for hydroxylation is 3. The van der Waals surface area contributed by atoms with E-state index in [-0.39, 0.29) is 6.61 Å². The molecule has 0 aliphatic carbocycles. The first kappa shape index (κ1) is 12.6. The number of rotatable bonds is 4. The highest BCUT2D eigenvalue weighted by molar-refractivity contribution is 5.43. The predicted octanol–water partition coefficient (Wildman–Crippen LogP) is 2.07. The summed E-state index contributed by atoms with van der Waals surface area (Å²) in [6, 6.07) is 3.83. The minimum Gasteiger partial charge on any atom is -0.487 e. The second kappa shape index (κ2) is 5.18. The summed E-state index contributed by atoms with van der Waals surface area (Å²) in [7, 11) is 0. The number of benzene rings is 1. The lowest BCUT2D eigenvalue weighted by molar-refractivity contribution is 0.267. The Bertz CT molecular complexity index is 526. The first-order valence-corrected chi connectivity index (χ1v) is 5.73. The minimum absolute atomic E-state index is 0.0360. The summed E-state index contributed by atoms with van der Waals surface area (Å²) in [5.74, 6) is 0.814. The van der Waals surface area contributed by atoms with Gasteiger partial charge in [-0.05, 0) is 37.5 Å². The van der Waals surface area contributed by atoms with Crippen molar-refractivity contribution in [1.29, 1.82) is 0 Å². The summed E-state index contributed by atoms with van der Waals surface area (Å²) in [6.07, 6.45) is 0. The molecule has 0 fully saturated rings. The van der Waals surface area contributed by atoms with Gasteiger partial charge in [0, 0.05) is 0 Å². The highest BCUT2D eigenvalue weighted by Crippen LogP contribution is 2.25. The number of hydrogen-bond acceptors (Lipinski definition) is 5. The van der Waals surface area contributed by atoms with Gasteiger partial charge in [-0.2, -0.15) is 0 Å². The monoisotopic (exact) mass is 248 g/mol. The van der Waals surface area contributed by atoms with Crippen molar-refractivity contribution < 1.29 is 14.5 Å². The van der Waals surface area contributed by atoms with Crippen molar-refractivity contribution >= 4 is 0 Å². The fraction of sp³-hybridized carbons (Fsp3) is 0.385. The van der Waals surface area contributed by atoms with E-state index in [0.717, 1.165) is 28.1 Å². The maximum absolute atomic E-state index is 9.12. The Morgan fingerprint density at radius 2 is 1.83 bits per heavy atom. The third kappa shape index (κ3) is 2.51. The molecule has 1 N–H and O–H groups in total. The summed E-state index contributed by atoms with van der Waals surface area (Å²) in [4.78, 5) is 0.